The first-order chi connectivity index (χ1) is 5.12. The molecule has 0 unspecified atom stereocenters. The summed E-state index contributed by atoms with van der Waals surface area (Å²) in [5, 5.41) is 0. The first-order valence-corrected chi connectivity index (χ1v) is 7.37. The first-order valence-electron chi connectivity index (χ1n) is 4.25. The molecule has 3 heteroatoms. The Morgan fingerprint density at radius 2 is 1.91 bits per heavy atom. The van der Waals surface area contributed by atoms with E-state index in [1.165, 1.54) is 6.04 Å². The predicted molar refractivity (Wildman–Crippen MR) is 50.4 cm³/mol. The lowest BCUT2D eigenvalue weighted by molar-refractivity contribution is 0.197. The summed E-state index contributed by atoms with van der Waals surface area (Å²) in [6.07, 6.45) is 1.13. The van der Waals surface area contributed by atoms with Crippen molar-refractivity contribution in [3.8, 4) is 0 Å². The van der Waals surface area contributed by atoms with Crippen molar-refractivity contribution in [2.45, 2.75) is 32.5 Å². The molecule has 0 aliphatic heterocycles. The minimum absolute atomic E-state index is 0.853. The smallest absolute Gasteiger partial charge is 0.186 e. The third-order valence-electron chi connectivity index (χ3n) is 1.66. The summed E-state index contributed by atoms with van der Waals surface area (Å²) < 4.78 is 10.6. The summed E-state index contributed by atoms with van der Waals surface area (Å²) in [4.78, 5) is 0. The van der Waals surface area contributed by atoms with E-state index in [4.69, 9.17) is 9.16 Å². The Balaban J connectivity index is 3.38. The largest absolute Gasteiger partial charge is 0.418 e. The zero-order valence-corrected chi connectivity index (χ0v) is 9.14. The van der Waals surface area contributed by atoms with Crippen LogP contribution in [0.25, 0.3) is 0 Å². The van der Waals surface area contributed by atoms with Crippen LogP contribution in [0.2, 0.25) is 19.1 Å². The lowest BCUT2D eigenvalue weighted by Gasteiger charge is -2.21. The van der Waals surface area contributed by atoms with E-state index >= 15 is 0 Å². The number of hydrogen-bond donors (Lipinski definition) is 0. The van der Waals surface area contributed by atoms with Crippen LogP contribution in [0, 0.1) is 0 Å². The van der Waals surface area contributed by atoms with Crippen molar-refractivity contribution in [2.24, 2.45) is 0 Å². The van der Waals surface area contributed by atoms with Crippen LogP contribution >= 0.6 is 0 Å². The molecular formula is C8H20O2Si. The number of hydrogen-bond acceptors (Lipinski definition) is 2. The van der Waals surface area contributed by atoms with Gasteiger partial charge >= 0.3 is 0 Å². The third-order valence-corrected chi connectivity index (χ3v) is 4.29. The van der Waals surface area contributed by atoms with Crippen LogP contribution in [0.3, 0.4) is 0 Å². The van der Waals surface area contributed by atoms with Gasteiger partial charge in [-0.1, -0.05) is 0 Å². The molecule has 0 saturated heterocycles. The van der Waals surface area contributed by atoms with Gasteiger partial charge in [-0.15, -0.1) is 0 Å². The highest BCUT2D eigenvalue weighted by Gasteiger charge is 2.20. The Morgan fingerprint density at radius 3 is 2.36 bits per heavy atom. The fourth-order valence-electron chi connectivity index (χ4n) is 1.11. The van der Waals surface area contributed by atoms with E-state index in [0.29, 0.717) is 0 Å². The zero-order chi connectivity index (χ0) is 8.74. The summed E-state index contributed by atoms with van der Waals surface area (Å²) in [5.74, 6) is 0. The average molecular weight is 176 g/mol. The normalized spacial score (nSPS) is 12.0. The molecule has 11 heavy (non-hydrogen) atoms. The topological polar surface area (TPSA) is 18.5 Å². The van der Waals surface area contributed by atoms with E-state index in [9.17, 15) is 0 Å². The number of ether oxygens (including phenoxy) is 1. The summed E-state index contributed by atoms with van der Waals surface area (Å²) in [7, 11) is 0.425. The standard InChI is InChI=1S/C8H20O2Si/c1-5-10-11(3,4)8-6-7-9-2/h5-8H2,1-4H3. The molecule has 0 saturated carbocycles. The highest BCUT2D eigenvalue weighted by atomic mass is 28.4. The molecule has 0 aromatic carbocycles. The molecular weight excluding hydrogens is 156 g/mol. The van der Waals surface area contributed by atoms with Gasteiger partial charge in [0.1, 0.15) is 0 Å². The minimum Gasteiger partial charge on any atom is -0.418 e. The second-order valence-corrected chi connectivity index (χ2v) is 7.60. The highest BCUT2D eigenvalue weighted by molar-refractivity contribution is 6.71. The second kappa shape index (κ2) is 5.74. The summed E-state index contributed by atoms with van der Waals surface area (Å²) in [6, 6.07) is 1.20. The summed E-state index contributed by atoms with van der Waals surface area (Å²) in [6.45, 7) is 8.29. The molecule has 0 spiro atoms. The van der Waals surface area contributed by atoms with Gasteiger partial charge in [-0.05, 0) is 32.5 Å². The van der Waals surface area contributed by atoms with Crippen molar-refractivity contribution >= 4 is 8.32 Å². The van der Waals surface area contributed by atoms with E-state index in [1.807, 2.05) is 0 Å². The van der Waals surface area contributed by atoms with Crippen molar-refractivity contribution in [3.63, 3.8) is 0 Å². The maximum Gasteiger partial charge on any atom is 0.186 e. The van der Waals surface area contributed by atoms with Gasteiger partial charge in [0.2, 0.25) is 0 Å². The van der Waals surface area contributed by atoms with Crippen LogP contribution in [-0.4, -0.2) is 28.6 Å². The highest BCUT2D eigenvalue weighted by Crippen LogP contribution is 2.12. The average Bonchev–Trinajstić information content (AvgIpc) is 1.87. The van der Waals surface area contributed by atoms with Gasteiger partial charge in [-0.3, -0.25) is 0 Å². The third kappa shape index (κ3) is 6.53. The molecule has 0 N–H and O–H groups in total. The van der Waals surface area contributed by atoms with Gasteiger partial charge in [0, 0.05) is 20.3 Å². The van der Waals surface area contributed by atoms with Gasteiger partial charge in [0.25, 0.3) is 0 Å². The second-order valence-electron chi connectivity index (χ2n) is 3.29. The Hall–Kier alpha value is 0.137. The van der Waals surface area contributed by atoms with E-state index in [0.717, 1.165) is 19.6 Å². The maximum absolute atomic E-state index is 5.66. The van der Waals surface area contributed by atoms with Crippen molar-refractivity contribution in [2.75, 3.05) is 20.3 Å². The Kier molecular flexibility index (Phi) is 5.82. The molecule has 0 aromatic rings. The minimum atomic E-state index is -1.32. The van der Waals surface area contributed by atoms with Crippen molar-refractivity contribution < 1.29 is 9.16 Å². The van der Waals surface area contributed by atoms with Crippen molar-refractivity contribution in [1.29, 1.82) is 0 Å². The molecule has 0 rings (SSSR count). The van der Waals surface area contributed by atoms with Crippen LogP contribution in [0.1, 0.15) is 13.3 Å². The Labute approximate surface area is 71.0 Å². The van der Waals surface area contributed by atoms with Gasteiger partial charge in [-0.2, -0.15) is 0 Å². The SMILES string of the molecule is CCO[Si](C)(C)CCCOC. The fraction of sp³-hybridized carbons (Fsp3) is 1.00. The molecule has 0 fully saturated rings. The van der Waals surface area contributed by atoms with Crippen molar-refractivity contribution in [3.05, 3.63) is 0 Å². The van der Waals surface area contributed by atoms with Crippen LogP contribution in [-0.2, 0) is 9.16 Å². The molecule has 2 nitrogen and oxygen atoms in total. The molecule has 0 aromatic heterocycles. The van der Waals surface area contributed by atoms with Crippen LogP contribution in [0.4, 0.5) is 0 Å². The monoisotopic (exact) mass is 176 g/mol. The van der Waals surface area contributed by atoms with E-state index in [1.54, 1.807) is 7.11 Å². The van der Waals surface area contributed by atoms with Gasteiger partial charge in [-0.25, -0.2) is 0 Å². The summed E-state index contributed by atoms with van der Waals surface area (Å²) >= 11 is 0. The molecule has 0 amide bonds. The molecule has 0 atom stereocenters. The fourth-order valence-corrected chi connectivity index (χ4v) is 3.03. The lowest BCUT2D eigenvalue weighted by Crippen LogP contribution is -2.30. The quantitative estimate of drug-likeness (QED) is 0.456. The predicted octanol–water partition coefficient (Wildman–Crippen LogP) is 2.26. The van der Waals surface area contributed by atoms with Crippen molar-refractivity contribution in [1.82, 2.24) is 0 Å². The Bertz CT molecular complexity index is 94.1. The first kappa shape index (κ1) is 11.1. The van der Waals surface area contributed by atoms with Crippen LogP contribution < -0.4 is 0 Å². The van der Waals surface area contributed by atoms with Gasteiger partial charge in [0.05, 0.1) is 0 Å². The molecule has 0 aliphatic carbocycles. The molecule has 0 heterocycles. The number of rotatable bonds is 6. The van der Waals surface area contributed by atoms with E-state index < -0.39 is 8.32 Å². The Morgan fingerprint density at radius 1 is 1.27 bits per heavy atom. The van der Waals surface area contributed by atoms with Crippen LogP contribution in [0.5, 0.6) is 0 Å². The van der Waals surface area contributed by atoms with Gasteiger partial charge in [0.15, 0.2) is 8.32 Å². The van der Waals surface area contributed by atoms with E-state index in [2.05, 4.69) is 20.0 Å². The van der Waals surface area contributed by atoms with Gasteiger partial charge < -0.3 is 9.16 Å². The lowest BCUT2D eigenvalue weighted by atomic mass is 10.5. The molecule has 0 radical (unpaired) electrons. The summed E-state index contributed by atoms with van der Waals surface area (Å²) in [5.41, 5.74) is 0. The molecule has 0 bridgehead atoms. The molecule has 68 valence electrons. The number of methoxy groups -OCH3 is 1. The maximum atomic E-state index is 5.66. The zero-order valence-electron chi connectivity index (χ0n) is 8.14. The van der Waals surface area contributed by atoms with E-state index in [-0.39, 0.29) is 0 Å². The molecule has 0 aliphatic rings. The van der Waals surface area contributed by atoms with Crippen LogP contribution in [0.15, 0.2) is 0 Å².